The van der Waals surface area contributed by atoms with Gasteiger partial charge >= 0.3 is 6.09 Å². The van der Waals surface area contributed by atoms with Crippen LogP contribution in [0.3, 0.4) is 0 Å². The second-order valence-electron chi connectivity index (χ2n) is 7.32. The van der Waals surface area contributed by atoms with Gasteiger partial charge in [0.1, 0.15) is 12.1 Å². The van der Waals surface area contributed by atoms with E-state index in [1.54, 1.807) is 43.9 Å². The molecular weight excluding hydrogens is 405 g/mol. The lowest BCUT2D eigenvalue weighted by atomic mass is 10.2. The molecule has 1 aromatic rings. The number of alkyl carbamates (subject to hydrolysis) is 1. The first kappa shape index (κ1) is 22.0. The summed E-state index contributed by atoms with van der Waals surface area (Å²) in [6.45, 7) is 8.90. The maximum absolute atomic E-state index is 12.1. The molecule has 0 aliphatic carbocycles. The van der Waals surface area contributed by atoms with Gasteiger partial charge in [0, 0.05) is 6.04 Å². The highest BCUT2D eigenvalue weighted by molar-refractivity contribution is 6.44. The molecule has 1 aliphatic rings. The predicted molar refractivity (Wildman–Crippen MR) is 111 cm³/mol. The van der Waals surface area contributed by atoms with Crippen LogP contribution in [0.15, 0.2) is 28.2 Å². The first-order valence-corrected chi connectivity index (χ1v) is 9.40. The van der Waals surface area contributed by atoms with Gasteiger partial charge < -0.3 is 9.64 Å². The van der Waals surface area contributed by atoms with Gasteiger partial charge in [0.25, 0.3) is 0 Å². The molecule has 2 N–H and O–H groups in total. The number of carbonyl (C=O) groups is 2. The summed E-state index contributed by atoms with van der Waals surface area (Å²) in [6.07, 6.45) is -0.701. The predicted octanol–water partition coefficient (Wildman–Crippen LogP) is 3.57. The minimum Gasteiger partial charge on any atom is -0.444 e. The summed E-state index contributed by atoms with van der Waals surface area (Å²) in [5.41, 5.74) is -0.172. The molecule has 2 rings (SSSR count). The van der Waals surface area contributed by atoms with Gasteiger partial charge in [0.15, 0.2) is 0 Å². The van der Waals surface area contributed by atoms with E-state index in [-0.39, 0.29) is 35.4 Å². The van der Waals surface area contributed by atoms with Gasteiger partial charge in [-0.3, -0.25) is 15.4 Å². The molecule has 0 radical (unpaired) electrons. The normalized spacial score (nSPS) is 16.6. The number of ether oxygens (including phenoxy) is 1. The maximum Gasteiger partial charge on any atom is 0.414 e. The number of nitrogens with one attached hydrogen (secondary N) is 2. The van der Waals surface area contributed by atoms with E-state index in [1.807, 2.05) is 13.8 Å². The summed E-state index contributed by atoms with van der Waals surface area (Å²) >= 11 is 12.4. The van der Waals surface area contributed by atoms with Crippen LogP contribution in [0.4, 0.5) is 10.5 Å². The summed E-state index contributed by atoms with van der Waals surface area (Å²) in [4.78, 5) is 34.3. The van der Waals surface area contributed by atoms with Crippen LogP contribution in [-0.2, 0) is 9.53 Å². The monoisotopic (exact) mass is 427 g/mol. The van der Waals surface area contributed by atoms with Crippen LogP contribution < -0.4 is 15.5 Å². The average molecular weight is 428 g/mol. The second-order valence-corrected chi connectivity index (χ2v) is 8.10. The highest BCUT2D eigenvalue weighted by Crippen LogP contribution is 2.33. The fraction of sp³-hybridized carbons (Fsp3) is 0.444. The highest BCUT2D eigenvalue weighted by atomic mass is 35.5. The van der Waals surface area contributed by atoms with Gasteiger partial charge in [-0.25, -0.2) is 9.79 Å². The van der Waals surface area contributed by atoms with E-state index >= 15 is 0 Å². The van der Waals surface area contributed by atoms with Crippen LogP contribution in [-0.4, -0.2) is 42.1 Å². The lowest BCUT2D eigenvalue weighted by Gasteiger charge is -2.21. The molecule has 0 aromatic heterocycles. The Bertz CT molecular complexity index is 831. The number of benzene rings is 1. The van der Waals surface area contributed by atoms with E-state index in [1.165, 1.54) is 0 Å². The largest absolute Gasteiger partial charge is 0.444 e. The van der Waals surface area contributed by atoms with Gasteiger partial charge in [0.05, 0.1) is 15.7 Å². The van der Waals surface area contributed by atoms with Crippen molar-refractivity contribution >= 4 is 52.8 Å². The van der Waals surface area contributed by atoms with Crippen LogP contribution in [0.25, 0.3) is 0 Å². The van der Waals surface area contributed by atoms with Crippen molar-refractivity contribution in [1.82, 2.24) is 10.6 Å². The van der Waals surface area contributed by atoms with Crippen molar-refractivity contribution in [3.63, 3.8) is 0 Å². The highest BCUT2D eigenvalue weighted by Gasteiger charge is 2.29. The van der Waals surface area contributed by atoms with Crippen LogP contribution >= 0.6 is 23.2 Å². The van der Waals surface area contributed by atoms with Crippen LogP contribution in [0.1, 0.15) is 34.6 Å². The van der Waals surface area contributed by atoms with Crippen molar-refractivity contribution in [3.05, 3.63) is 28.2 Å². The average Bonchev–Trinajstić information content (AvgIpc) is 2.87. The first-order chi connectivity index (χ1) is 13.0. The molecule has 1 aliphatic heterocycles. The summed E-state index contributed by atoms with van der Waals surface area (Å²) < 4.78 is 5.24. The smallest absolute Gasteiger partial charge is 0.414 e. The molecule has 1 heterocycles. The molecular formula is C18H23Cl2N5O3. The topological polar surface area (TPSA) is 95.4 Å². The van der Waals surface area contributed by atoms with Crippen molar-refractivity contribution in [2.45, 2.75) is 46.3 Å². The van der Waals surface area contributed by atoms with Gasteiger partial charge in [-0.1, -0.05) is 29.3 Å². The number of carbonyl (C=O) groups excluding carboxylic acids is 2. The lowest BCUT2D eigenvalue weighted by Crippen LogP contribution is -2.39. The Balaban J connectivity index is 2.36. The number of nitrogens with zero attached hydrogens (tertiary/aromatic N) is 3. The van der Waals surface area contributed by atoms with E-state index in [2.05, 4.69) is 20.6 Å². The van der Waals surface area contributed by atoms with Crippen molar-refractivity contribution in [2.75, 3.05) is 11.4 Å². The van der Waals surface area contributed by atoms with Gasteiger partial charge in [-0.2, -0.15) is 4.99 Å². The third-order valence-electron chi connectivity index (χ3n) is 3.24. The minimum absolute atomic E-state index is 0.000289. The Hall–Kier alpha value is -2.32. The van der Waals surface area contributed by atoms with Gasteiger partial charge in [0.2, 0.25) is 17.8 Å². The number of rotatable bonds is 2. The Morgan fingerprint density at radius 3 is 2.61 bits per heavy atom. The van der Waals surface area contributed by atoms with Crippen molar-refractivity contribution < 1.29 is 14.3 Å². The molecule has 10 heteroatoms. The van der Waals surface area contributed by atoms with E-state index in [0.29, 0.717) is 10.7 Å². The van der Waals surface area contributed by atoms with Crippen molar-refractivity contribution in [3.8, 4) is 0 Å². The van der Waals surface area contributed by atoms with Crippen LogP contribution in [0.5, 0.6) is 0 Å². The van der Waals surface area contributed by atoms with E-state index in [0.717, 1.165) is 0 Å². The molecule has 2 amide bonds. The Kier molecular flexibility index (Phi) is 6.90. The molecule has 8 nitrogen and oxygen atoms in total. The van der Waals surface area contributed by atoms with Gasteiger partial charge in [-0.15, -0.1) is 0 Å². The molecule has 0 atom stereocenters. The summed E-state index contributed by atoms with van der Waals surface area (Å²) in [5.74, 6) is -0.106. The number of amides is 2. The molecule has 152 valence electrons. The van der Waals surface area contributed by atoms with Gasteiger partial charge in [-0.05, 0) is 46.8 Å². The zero-order valence-corrected chi connectivity index (χ0v) is 17.9. The fourth-order valence-electron chi connectivity index (χ4n) is 2.27. The molecule has 0 spiro atoms. The maximum atomic E-state index is 12.1. The van der Waals surface area contributed by atoms with Crippen molar-refractivity contribution in [1.29, 1.82) is 0 Å². The quantitative estimate of drug-likeness (QED) is 0.556. The molecule has 28 heavy (non-hydrogen) atoms. The Morgan fingerprint density at radius 2 is 2.00 bits per heavy atom. The zero-order chi connectivity index (χ0) is 21.1. The minimum atomic E-state index is -0.701. The lowest BCUT2D eigenvalue weighted by molar-refractivity contribution is -0.117. The number of halogens is 2. The number of guanidine groups is 2. The first-order valence-electron chi connectivity index (χ1n) is 8.64. The molecule has 0 bridgehead atoms. The third kappa shape index (κ3) is 6.10. The zero-order valence-electron chi connectivity index (χ0n) is 16.3. The molecule has 1 saturated heterocycles. The SMILES string of the molecule is CC(C)N=C(/N=C1/NC(=O)CN1c1cccc(Cl)c1Cl)NC(=O)OC(C)(C)C. The molecule has 1 fully saturated rings. The molecule has 0 saturated carbocycles. The summed E-state index contributed by atoms with van der Waals surface area (Å²) in [6, 6.07) is 4.91. The third-order valence-corrected chi connectivity index (χ3v) is 4.04. The van der Waals surface area contributed by atoms with E-state index in [4.69, 9.17) is 27.9 Å². The second kappa shape index (κ2) is 8.79. The number of aliphatic imine (C=N–C) groups is 2. The number of hydrogen-bond acceptors (Lipinski definition) is 4. The Morgan fingerprint density at radius 1 is 1.32 bits per heavy atom. The molecule has 0 unspecified atom stereocenters. The van der Waals surface area contributed by atoms with Crippen molar-refractivity contribution in [2.24, 2.45) is 9.98 Å². The van der Waals surface area contributed by atoms with E-state index in [9.17, 15) is 9.59 Å². The van der Waals surface area contributed by atoms with E-state index < -0.39 is 11.7 Å². The standard InChI is InChI=1S/C18H23Cl2N5O3/c1-10(2)21-15(24-17(27)28-18(3,4)5)23-16-22-13(26)9-25(16)12-8-6-7-11(19)14(12)20/h6-8,10H,9H2,1-5H3,(H2,21,22,23,24,26,27). The summed E-state index contributed by atoms with van der Waals surface area (Å²) in [5, 5.41) is 5.78. The Labute approximate surface area is 173 Å². The number of anilines is 1. The van der Waals surface area contributed by atoms with Crippen LogP contribution in [0.2, 0.25) is 10.0 Å². The van der Waals surface area contributed by atoms with Crippen LogP contribution in [0, 0.1) is 0 Å². The summed E-state index contributed by atoms with van der Waals surface area (Å²) in [7, 11) is 0. The fourth-order valence-corrected chi connectivity index (χ4v) is 2.67. The number of hydrogen-bond donors (Lipinski definition) is 2. The molecule has 1 aromatic carbocycles.